The molecule has 0 aliphatic heterocycles. The van der Waals surface area contributed by atoms with Crippen LogP contribution in [-0.2, 0) is 6.61 Å². The molecule has 0 unspecified atom stereocenters. The summed E-state index contributed by atoms with van der Waals surface area (Å²) in [5.41, 5.74) is 2.23. The molecule has 4 rings (SSSR count). The molecule has 0 spiro atoms. The van der Waals surface area contributed by atoms with E-state index in [1.165, 1.54) is 24.2 Å². The van der Waals surface area contributed by atoms with Gasteiger partial charge in [-0.05, 0) is 50.1 Å². The van der Waals surface area contributed by atoms with Crippen molar-refractivity contribution in [1.82, 2.24) is 15.5 Å². The van der Waals surface area contributed by atoms with E-state index in [4.69, 9.17) is 4.74 Å². The molecule has 1 fully saturated rings. The van der Waals surface area contributed by atoms with Crippen LogP contribution in [0.1, 0.15) is 69.3 Å². The minimum atomic E-state index is -0.365. The molecule has 172 valence electrons. The first-order valence-corrected chi connectivity index (χ1v) is 12.1. The molecule has 3 aromatic rings. The lowest BCUT2D eigenvalue weighted by molar-refractivity contribution is 0.0932. The number of nitrogens with one attached hydrogen (secondary N) is 2. The van der Waals surface area contributed by atoms with Crippen molar-refractivity contribution < 1.29 is 14.3 Å². The van der Waals surface area contributed by atoms with Crippen molar-refractivity contribution >= 4 is 28.8 Å². The molecule has 8 heteroatoms. The van der Waals surface area contributed by atoms with Crippen molar-refractivity contribution in [3.05, 3.63) is 69.7 Å². The molecule has 1 aliphatic rings. The highest BCUT2D eigenvalue weighted by molar-refractivity contribution is 7.13. The molecule has 7 nitrogen and oxygen atoms in total. The Morgan fingerprint density at radius 2 is 1.76 bits per heavy atom. The third-order valence-corrected chi connectivity index (χ3v) is 6.51. The standard InChI is InChI=1S/C25H28N4O3S/c1-17-11-13-21(14-12-17)32-16-22-28-29-25(33-22)24(31)27-20-10-6-7-18(15-20)23(30)26-19-8-4-2-3-5-9-19/h6-7,10-15,19H,2-5,8-9,16H2,1H3,(H,26,30)(H,27,31). The van der Waals surface area contributed by atoms with Gasteiger partial charge in [0.25, 0.3) is 11.8 Å². The number of aromatic nitrogens is 2. The van der Waals surface area contributed by atoms with Crippen molar-refractivity contribution in [3.63, 3.8) is 0 Å². The highest BCUT2D eigenvalue weighted by Gasteiger charge is 2.17. The zero-order valence-electron chi connectivity index (χ0n) is 18.7. The monoisotopic (exact) mass is 464 g/mol. The van der Waals surface area contributed by atoms with Crippen LogP contribution in [0.15, 0.2) is 48.5 Å². The molecule has 0 radical (unpaired) electrons. The van der Waals surface area contributed by atoms with E-state index < -0.39 is 0 Å². The first-order valence-electron chi connectivity index (χ1n) is 11.3. The first-order chi connectivity index (χ1) is 16.1. The minimum Gasteiger partial charge on any atom is -0.486 e. The molecular formula is C25H28N4O3S. The van der Waals surface area contributed by atoms with Crippen LogP contribution in [0.4, 0.5) is 5.69 Å². The number of aryl methyl sites for hydroxylation is 1. The van der Waals surface area contributed by atoms with Gasteiger partial charge in [0.2, 0.25) is 5.01 Å². The second kappa shape index (κ2) is 11.0. The van der Waals surface area contributed by atoms with E-state index in [0.717, 1.165) is 37.0 Å². The summed E-state index contributed by atoms with van der Waals surface area (Å²) < 4.78 is 5.70. The second-order valence-corrected chi connectivity index (χ2v) is 9.36. The number of rotatable bonds is 7. The third kappa shape index (κ3) is 6.61. The van der Waals surface area contributed by atoms with Crippen LogP contribution in [0, 0.1) is 6.92 Å². The molecule has 2 amide bonds. The Morgan fingerprint density at radius 1 is 1.00 bits per heavy atom. The summed E-state index contributed by atoms with van der Waals surface area (Å²) in [5.74, 6) is 0.264. The van der Waals surface area contributed by atoms with E-state index in [1.54, 1.807) is 24.3 Å². The summed E-state index contributed by atoms with van der Waals surface area (Å²) in [6, 6.07) is 14.9. The molecule has 2 N–H and O–H groups in total. The van der Waals surface area contributed by atoms with Crippen LogP contribution in [0.25, 0.3) is 0 Å². The molecule has 0 bridgehead atoms. The van der Waals surface area contributed by atoms with Crippen LogP contribution in [0.3, 0.4) is 0 Å². The Morgan fingerprint density at radius 3 is 2.52 bits per heavy atom. The fourth-order valence-electron chi connectivity index (χ4n) is 3.80. The third-order valence-electron chi connectivity index (χ3n) is 5.62. The zero-order valence-corrected chi connectivity index (χ0v) is 19.5. The van der Waals surface area contributed by atoms with Crippen molar-refractivity contribution in [2.75, 3.05) is 5.32 Å². The number of carbonyl (C=O) groups excluding carboxylic acids is 2. The predicted octanol–water partition coefficient (Wildman–Crippen LogP) is 5.13. The van der Waals surface area contributed by atoms with E-state index in [-0.39, 0.29) is 29.5 Å². The maximum absolute atomic E-state index is 12.7. The smallest absolute Gasteiger partial charge is 0.286 e. The molecular weight excluding hydrogens is 436 g/mol. The lowest BCUT2D eigenvalue weighted by Gasteiger charge is -2.16. The van der Waals surface area contributed by atoms with Crippen LogP contribution in [-0.4, -0.2) is 28.1 Å². The number of hydrogen-bond acceptors (Lipinski definition) is 6. The van der Waals surface area contributed by atoms with Crippen LogP contribution < -0.4 is 15.4 Å². The molecule has 1 aromatic heterocycles. The maximum Gasteiger partial charge on any atom is 0.286 e. The van der Waals surface area contributed by atoms with E-state index in [1.807, 2.05) is 31.2 Å². The quantitative estimate of drug-likeness (QED) is 0.473. The highest BCUT2D eigenvalue weighted by atomic mass is 32.1. The fraction of sp³-hybridized carbons (Fsp3) is 0.360. The number of benzene rings is 2. The second-order valence-electron chi connectivity index (χ2n) is 8.30. The summed E-state index contributed by atoms with van der Waals surface area (Å²) in [7, 11) is 0. The van der Waals surface area contributed by atoms with E-state index >= 15 is 0 Å². The van der Waals surface area contributed by atoms with Crippen LogP contribution in [0.2, 0.25) is 0 Å². The number of carbonyl (C=O) groups is 2. The lowest BCUT2D eigenvalue weighted by Crippen LogP contribution is -2.34. The number of anilines is 1. The molecule has 1 aliphatic carbocycles. The van der Waals surface area contributed by atoms with Crippen LogP contribution >= 0.6 is 11.3 Å². The van der Waals surface area contributed by atoms with Gasteiger partial charge in [0.1, 0.15) is 12.4 Å². The number of hydrogen-bond donors (Lipinski definition) is 2. The van der Waals surface area contributed by atoms with Crippen molar-refractivity contribution in [1.29, 1.82) is 0 Å². The van der Waals surface area contributed by atoms with E-state index in [2.05, 4.69) is 20.8 Å². The zero-order chi connectivity index (χ0) is 23.0. The van der Waals surface area contributed by atoms with Gasteiger partial charge in [-0.15, -0.1) is 10.2 Å². The van der Waals surface area contributed by atoms with Gasteiger partial charge in [-0.3, -0.25) is 9.59 Å². The first kappa shape index (κ1) is 22.9. The molecule has 0 saturated heterocycles. The summed E-state index contributed by atoms with van der Waals surface area (Å²) in [4.78, 5) is 25.3. The average molecular weight is 465 g/mol. The Balaban J connectivity index is 1.32. The topological polar surface area (TPSA) is 93.2 Å². The number of nitrogens with zero attached hydrogens (tertiary/aromatic N) is 2. The van der Waals surface area contributed by atoms with Gasteiger partial charge in [0, 0.05) is 17.3 Å². The van der Waals surface area contributed by atoms with Gasteiger partial charge in [0.15, 0.2) is 5.01 Å². The molecule has 1 heterocycles. The predicted molar refractivity (Wildman–Crippen MR) is 129 cm³/mol. The maximum atomic E-state index is 12.7. The van der Waals surface area contributed by atoms with Gasteiger partial charge in [0.05, 0.1) is 0 Å². The lowest BCUT2D eigenvalue weighted by atomic mass is 10.1. The summed E-state index contributed by atoms with van der Waals surface area (Å²) in [6.07, 6.45) is 6.82. The highest BCUT2D eigenvalue weighted by Crippen LogP contribution is 2.20. The van der Waals surface area contributed by atoms with Gasteiger partial charge in [-0.2, -0.15) is 0 Å². The Bertz CT molecular complexity index is 1090. The van der Waals surface area contributed by atoms with Crippen molar-refractivity contribution in [2.24, 2.45) is 0 Å². The fourth-order valence-corrected chi connectivity index (χ4v) is 4.45. The summed E-state index contributed by atoms with van der Waals surface area (Å²) >= 11 is 1.18. The summed E-state index contributed by atoms with van der Waals surface area (Å²) in [6.45, 7) is 2.25. The Labute approximate surface area is 197 Å². The van der Waals surface area contributed by atoms with Gasteiger partial charge in [-0.25, -0.2) is 0 Å². The summed E-state index contributed by atoms with van der Waals surface area (Å²) in [5, 5.41) is 14.8. The normalized spacial score (nSPS) is 14.3. The largest absolute Gasteiger partial charge is 0.486 e. The Hall–Kier alpha value is -3.26. The van der Waals surface area contributed by atoms with E-state index in [0.29, 0.717) is 16.3 Å². The van der Waals surface area contributed by atoms with Crippen molar-refractivity contribution in [3.8, 4) is 5.75 Å². The Kier molecular flexibility index (Phi) is 7.67. The van der Waals surface area contributed by atoms with E-state index in [9.17, 15) is 9.59 Å². The van der Waals surface area contributed by atoms with Gasteiger partial charge in [-0.1, -0.05) is 60.8 Å². The molecule has 0 atom stereocenters. The SMILES string of the molecule is Cc1ccc(OCc2nnc(C(=O)Nc3cccc(C(=O)NC4CCCCCC4)c3)s2)cc1. The molecule has 2 aromatic carbocycles. The van der Waals surface area contributed by atoms with Gasteiger partial charge >= 0.3 is 0 Å². The average Bonchev–Trinajstić information content (AvgIpc) is 3.16. The number of ether oxygens (including phenoxy) is 1. The molecule has 33 heavy (non-hydrogen) atoms. The minimum absolute atomic E-state index is 0.107. The molecule has 1 saturated carbocycles. The van der Waals surface area contributed by atoms with Crippen molar-refractivity contribution in [2.45, 2.75) is 58.1 Å². The van der Waals surface area contributed by atoms with Crippen LogP contribution in [0.5, 0.6) is 5.75 Å². The van der Waals surface area contributed by atoms with Gasteiger partial charge < -0.3 is 15.4 Å². The number of amides is 2.